The molecule has 1 saturated carbocycles. The summed E-state index contributed by atoms with van der Waals surface area (Å²) in [6, 6.07) is 18.4. The van der Waals surface area contributed by atoms with Crippen molar-refractivity contribution in [3.05, 3.63) is 71.8 Å². The first-order valence-corrected chi connectivity index (χ1v) is 14.2. The van der Waals surface area contributed by atoms with Crippen molar-refractivity contribution >= 4 is 23.9 Å². The van der Waals surface area contributed by atoms with Gasteiger partial charge in [-0.2, -0.15) is 0 Å². The second-order valence-electron chi connectivity index (χ2n) is 11.2. The Kier molecular flexibility index (Phi) is 9.45. The van der Waals surface area contributed by atoms with E-state index in [1.54, 1.807) is 4.90 Å². The number of rotatable bonds is 13. The molecule has 0 aromatic heterocycles. The van der Waals surface area contributed by atoms with Crippen LogP contribution >= 0.6 is 0 Å². The van der Waals surface area contributed by atoms with Crippen LogP contribution in [-0.4, -0.2) is 54.5 Å². The van der Waals surface area contributed by atoms with Gasteiger partial charge in [-0.05, 0) is 55.1 Å². The normalized spacial score (nSPS) is 20.1. The second kappa shape index (κ2) is 13.0. The van der Waals surface area contributed by atoms with Crippen LogP contribution < -0.4 is 16.4 Å². The van der Waals surface area contributed by atoms with Crippen molar-refractivity contribution in [3.8, 4) is 0 Å². The van der Waals surface area contributed by atoms with Crippen molar-refractivity contribution in [1.82, 2.24) is 15.5 Å². The van der Waals surface area contributed by atoms with E-state index in [1.807, 2.05) is 60.7 Å². The maximum absolute atomic E-state index is 14.1. The molecule has 0 radical (unpaired) electrons. The van der Waals surface area contributed by atoms with Crippen molar-refractivity contribution < 1.29 is 19.1 Å². The molecule has 214 valence electrons. The molecule has 1 unspecified atom stereocenters. The number of nitrogens with zero attached hydrogens (tertiary/aromatic N) is 2. The minimum atomic E-state index is -1.01. The van der Waals surface area contributed by atoms with E-state index in [-0.39, 0.29) is 29.7 Å². The van der Waals surface area contributed by atoms with Crippen LogP contribution in [-0.2, 0) is 26.3 Å². The van der Waals surface area contributed by atoms with E-state index in [1.165, 1.54) is 7.11 Å². The molecule has 1 heterocycles. The summed E-state index contributed by atoms with van der Waals surface area (Å²) in [7, 11) is 1.27. The van der Waals surface area contributed by atoms with Crippen LogP contribution in [0.25, 0.3) is 0 Å². The Balaban J connectivity index is 1.41. The molecule has 0 bridgehead atoms. The molecule has 9 nitrogen and oxygen atoms in total. The smallest absolute Gasteiger partial charge is 0.407 e. The average Bonchev–Trinajstić information content (AvgIpc) is 3.76. The van der Waals surface area contributed by atoms with Gasteiger partial charge >= 0.3 is 6.09 Å². The number of hydrogen-bond acceptors (Lipinski definition) is 6. The van der Waals surface area contributed by atoms with E-state index in [2.05, 4.69) is 24.5 Å². The summed E-state index contributed by atoms with van der Waals surface area (Å²) in [5.74, 6) is 0.552. The summed E-state index contributed by atoms with van der Waals surface area (Å²) >= 11 is 0. The third kappa shape index (κ3) is 6.81. The van der Waals surface area contributed by atoms with E-state index in [0.717, 1.165) is 24.0 Å². The quantitative estimate of drug-likeness (QED) is 0.330. The van der Waals surface area contributed by atoms with Crippen molar-refractivity contribution in [2.24, 2.45) is 22.6 Å². The van der Waals surface area contributed by atoms with Crippen LogP contribution in [0.3, 0.4) is 0 Å². The van der Waals surface area contributed by atoms with Gasteiger partial charge in [-0.25, -0.2) is 9.79 Å². The largest absolute Gasteiger partial charge is 0.453 e. The predicted octanol–water partition coefficient (Wildman–Crippen LogP) is 3.73. The Morgan fingerprint density at radius 1 is 1.10 bits per heavy atom. The monoisotopic (exact) mass is 547 g/mol. The number of guanidine groups is 1. The molecule has 2 aromatic carbocycles. The van der Waals surface area contributed by atoms with Crippen LogP contribution in [0.2, 0.25) is 0 Å². The summed E-state index contributed by atoms with van der Waals surface area (Å²) in [6.07, 6.45) is 3.69. The summed E-state index contributed by atoms with van der Waals surface area (Å²) in [5.41, 5.74) is 7.27. The standard InChI is InChI=1S/C31H41N5O4/c1-21(2)20-31(24-13-8-5-9-14-24)28(38)36(29(32)35-31)26(23-16-17-23)15-10-18-33-27(37)25(34-30(39)40-3)19-22-11-6-4-7-12-22/h4-9,11-14,21,23,25-26H,10,15-20H2,1-3H3,(H2,32,35)(H,33,37)(H,34,39)/t25-,26?,31+/m0/s1. The Hall–Kier alpha value is -3.88. The van der Waals surface area contributed by atoms with E-state index in [4.69, 9.17) is 15.5 Å². The number of methoxy groups -OCH3 is 1. The van der Waals surface area contributed by atoms with Gasteiger partial charge in [-0.3, -0.25) is 14.5 Å². The topological polar surface area (TPSA) is 126 Å². The lowest BCUT2D eigenvalue weighted by Gasteiger charge is -2.32. The van der Waals surface area contributed by atoms with Crippen molar-refractivity contribution in [1.29, 1.82) is 0 Å². The van der Waals surface area contributed by atoms with Gasteiger partial charge < -0.3 is 21.1 Å². The molecule has 4 N–H and O–H groups in total. The summed E-state index contributed by atoms with van der Waals surface area (Å²) in [6.45, 7) is 4.59. The second-order valence-corrected chi connectivity index (χ2v) is 11.2. The van der Waals surface area contributed by atoms with Crippen molar-refractivity contribution in [2.75, 3.05) is 13.7 Å². The Morgan fingerprint density at radius 3 is 2.35 bits per heavy atom. The number of amides is 3. The summed E-state index contributed by atoms with van der Waals surface area (Å²) < 4.78 is 4.72. The van der Waals surface area contributed by atoms with Gasteiger partial charge in [0.25, 0.3) is 5.91 Å². The van der Waals surface area contributed by atoms with Gasteiger partial charge in [0.05, 0.1) is 7.11 Å². The van der Waals surface area contributed by atoms with Gasteiger partial charge in [0.15, 0.2) is 11.5 Å². The molecule has 40 heavy (non-hydrogen) atoms. The zero-order valence-corrected chi connectivity index (χ0v) is 23.6. The highest BCUT2D eigenvalue weighted by atomic mass is 16.5. The summed E-state index contributed by atoms with van der Waals surface area (Å²) in [4.78, 5) is 45.5. The molecular weight excluding hydrogens is 506 g/mol. The van der Waals surface area contributed by atoms with Crippen LogP contribution in [0, 0.1) is 11.8 Å². The van der Waals surface area contributed by atoms with Crippen LogP contribution in [0.15, 0.2) is 65.7 Å². The van der Waals surface area contributed by atoms with Crippen LogP contribution in [0.4, 0.5) is 4.79 Å². The molecule has 2 aliphatic rings. The zero-order chi connectivity index (χ0) is 28.7. The summed E-state index contributed by atoms with van der Waals surface area (Å²) in [5, 5.41) is 5.59. The van der Waals surface area contributed by atoms with Gasteiger partial charge in [-0.1, -0.05) is 74.5 Å². The number of carbonyl (C=O) groups is 3. The highest BCUT2D eigenvalue weighted by Gasteiger charge is 2.53. The lowest BCUT2D eigenvalue weighted by molar-refractivity contribution is -0.134. The lowest BCUT2D eigenvalue weighted by atomic mass is 9.82. The zero-order valence-electron chi connectivity index (χ0n) is 23.6. The predicted molar refractivity (Wildman–Crippen MR) is 154 cm³/mol. The maximum Gasteiger partial charge on any atom is 0.407 e. The molecule has 1 aliphatic carbocycles. The number of carbonyl (C=O) groups excluding carboxylic acids is 3. The fraction of sp³-hybridized carbons (Fsp3) is 0.484. The van der Waals surface area contributed by atoms with Gasteiger partial charge in [0, 0.05) is 19.0 Å². The Bertz CT molecular complexity index is 1200. The molecule has 2 aromatic rings. The molecule has 3 amide bonds. The molecule has 9 heteroatoms. The fourth-order valence-corrected chi connectivity index (χ4v) is 5.63. The van der Waals surface area contributed by atoms with Gasteiger partial charge in [0.2, 0.25) is 5.91 Å². The maximum atomic E-state index is 14.1. The first kappa shape index (κ1) is 29.1. The molecule has 0 spiro atoms. The first-order valence-electron chi connectivity index (χ1n) is 14.2. The Morgan fingerprint density at radius 2 is 1.75 bits per heavy atom. The number of nitrogens with two attached hydrogens (primary N) is 1. The van der Waals surface area contributed by atoms with E-state index in [0.29, 0.717) is 38.1 Å². The van der Waals surface area contributed by atoms with Crippen LogP contribution in [0.5, 0.6) is 0 Å². The fourth-order valence-electron chi connectivity index (χ4n) is 5.63. The molecule has 1 fully saturated rings. The first-order chi connectivity index (χ1) is 19.2. The number of aliphatic imine (C=N–C) groups is 1. The number of benzene rings is 2. The number of ether oxygens (including phenoxy) is 1. The molecular formula is C31H41N5O4. The SMILES string of the molecule is COC(=O)N[C@@H](Cc1ccccc1)C(=O)NCCCC(C1CC1)N1C(=O)[C@@](CC(C)C)(c2ccccc2)N=C1N. The molecule has 1 aliphatic heterocycles. The van der Waals surface area contributed by atoms with E-state index in [9.17, 15) is 14.4 Å². The highest BCUT2D eigenvalue weighted by Crippen LogP contribution is 2.44. The third-order valence-corrected chi connectivity index (χ3v) is 7.63. The minimum absolute atomic E-state index is 0.0592. The van der Waals surface area contributed by atoms with Gasteiger partial charge in [0.1, 0.15) is 6.04 Å². The van der Waals surface area contributed by atoms with Crippen molar-refractivity contribution in [2.45, 2.75) is 70.0 Å². The number of hydrogen-bond donors (Lipinski definition) is 3. The van der Waals surface area contributed by atoms with Gasteiger partial charge in [-0.15, -0.1) is 0 Å². The number of nitrogens with one attached hydrogen (secondary N) is 2. The average molecular weight is 548 g/mol. The minimum Gasteiger partial charge on any atom is -0.453 e. The van der Waals surface area contributed by atoms with Crippen LogP contribution in [0.1, 0.15) is 57.1 Å². The van der Waals surface area contributed by atoms with E-state index >= 15 is 0 Å². The molecule has 4 rings (SSSR count). The third-order valence-electron chi connectivity index (χ3n) is 7.63. The lowest BCUT2D eigenvalue weighted by Crippen LogP contribution is -2.50. The Labute approximate surface area is 236 Å². The molecule has 3 atom stereocenters. The number of alkyl carbamates (subject to hydrolysis) is 1. The highest BCUT2D eigenvalue weighted by molar-refractivity contribution is 6.07. The van der Waals surface area contributed by atoms with Crippen molar-refractivity contribution in [3.63, 3.8) is 0 Å². The van der Waals surface area contributed by atoms with E-state index < -0.39 is 17.7 Å². The molecule has 0 saturated heterocycles.